The average molecular weight is 334 g/mol. The van der Waals surface area contributed by atoms with Crippen molar-refractivity contribution < 1.29 is 9.90 Å². The van der Waals surface area contributed by atoms with Gasteiger partial charge in [-0.1, -0.05) is 23.2 Å². The van der Waals surface area contributed by atoms with E-state index in [-0.39, 0.29) is 24.5 Å². The van der Waals surface area contributed by atoms with Crippen molar-refractivity contribution in [3.63, 3.8) is 0 Å². The van der Waals surface area contributed by atoms with Crippen LogP contribution in [0.15, 0.2) is 12.1 Å². The molecule has 21 heavy (non-hydrogen) atoms. The molecule has 1 amide bonds. The number of halogens is 2. The smallest absolute Gasteiger partial charge is 0.225 e. The van der Waals surface area contributed by atoms with E-state index >= 15 is 0 Å². The highest BCUT2D eigenvalue weighted by atomic mass is 35.5. The molecule has 0 spiro atoms. The fourth-order valence-corrected chi connectivity index (χ4v) is 2.21. The molecule has 0 heterocycles. The van der Waals surface area contributed by atoms with Crippen LogP contribution >= 0.6 is 23.2 Å². The number of benzene rings is 1. The van der Waals surface area contributed by atoms with Gasteiger partial charge in [-0.05, 0) is 33.0 Å². The van der Waals surface area contributed by atoms with Crippen molar-refractivity contribution in [3.05, 3.63) is 22.2 Å². The Bertz CT molecular complexity index is 498. The quantitative estimate of drug-likeness (QED) is 0.699. The Morgan fingerprint density at radius 1 is 1.38 bits per heavy atom. The predicted octanol–water partition coefficient (Wildman–Crippen LogP) is 2.61. The lowest BCUT2D eigenvalue weighted by Gasteiger charge is -2.33. The lowest BCUT2D eigenvalue weighted by atomic mass is 10.1. The van der Waals surface area contributed by atoms with Gasteiger partial charge in [-0.15, -0.1) is 0 Å². The Hall–Kier alpha value is -1.01. The van der Waals surface area contributed by atoms with Crippen LogP contribution in [0.2, 0.25) is 10.0 Å². The van der Waals surface area contributed by atoms with Crippen LogP contribution in [0.4, 0.5) is 11.4 Å². The summed E-state index contributed by atoms with van der Waals surface area (Å²) in [6.45, 7) is 4.32. The number of carbonyl (C=O) groups is 1. The van der Waals surface area contributed by atoms with E-state index in [2.05, 4.69) is 5.32 Å². The number of likely N-dealkylation sites (N-methyl/N-ethyl adjacent to an activating group) is 1. The molecule has 4 N–H and O–H groups in total. The first-order valence-electron chi connectivity index (χ1n) is 6.54. The molecule has 0 aromatic heterocycles. The number of aliphatic hydroxyl groups is 1. The van der Waals surface area contributed by atoms with Crippen molar-refractivity contribution in [1.82, 2.24) is 4.90 Å². The summed E-state index contributed by atoms with van der Waals surface area (Å²) in [5, 5.41) is 12.6. The van der Waals surface area contributed by atoms with Crippen molar-refractivity contribution in [2.75, 3.05) is 31.2 Å². The fraction of sp³-hybridized carbons (Fsp3) is 0.500. The Morgan fingerprint density at radius 3 is 2.38 bits per heavy atom. The number of hydrogen-bond acceptors (Lipinski definition) is 4. The van der Waals surface area contributed by atoms with Crippen LogP contribution in [0.1, 0.15) is 20.3 Å². The highest BCUT2D eigenvalue weighted by Gasteiger charge is 2.22. The zero-order chi connectivity index (χ0) is 16.2. The Balaban J connectivity index is 2.63. The van der Waals surface area contributed by atoms with Crippen LogP contribution in [0.3, 0.4) is 0 Å². The van der Waals surface area contributed by atoms with E-state index in [0.717, 1.165) is 0 Å². The average Bonchev–Trinajstić information content (AvgIpc) is 2.39. The van der Waals surface area contributed by atoms with Crippen molar-refractivity contribution in [2.45, 2.75) is 25.8 Å². The number of nitrogens with zero attached hydrogens (tertiary/aromatic N) is 1. The Kier molecular flexibility index (Phi) is 6.28. The van der Waals surface area contributed by atoms with Crippen LogP contribution in [0.5, 0.6) is 0 Å². The number of aliphatic hydroxyl groups excluding tert-OH is 1. The van der Waals surface area contributed by atoms with Crippen molar-refractivity contribution >= 4 is 40.5 Å². The largest absolute Gasteiger partial charge is 0.399 e. The maximum atomic E-state index is 12.0. The minimum Gasteiger partial charge on any atom is -0.399 e. The normalized spacial score (nSPS) is 11.8. The second kappa shape index (κ2) is 7.31. The van der Waals surface area contributed by atoms with Gasteiger partial charge in [0, 0.05) is 24.2 Å². The van der Waals surface area contributed by atoms with Gasteiger partial charge in [0.15, 0.2) is 0 Å². The summed E-state index contributed by atoms with van der Waals surface area (Å²) in [7, 11) is 1.85. The van der Waals surface area contributed by atoms with Crippen LogP contribution < -0.4 is 11.1 Å². The van der Waals surface area contributed by atoms with Gasteiger partial charge >= 0.3 is 0 Å². The molecule has 0 aliphatic carbocycles. The van der Waals surface area contributed by atoms with E-state index < -0.39 is 0 Å². The van der Waals surface area contributed by atoms with Gasteiger partial charge in [0.05, 0.1) is 22.3 Å². The van der Waals surface area contributed by atoms with Gasteiger partial charge in [0.25, 0.3) is 0 Å². The zero-order valence-corrected chi connectivity index (χ0v) is 13.9. The first kappa shape index (κ1) is 18.0. The van der Waals surface area contributed by atoms with Gasteiger partial charge in [0.2, 0.25) is 5.91 Å². The summed E-state index contributed by atoms with van der Waals surface area (Å²) in [6.07, 6.45) is 0.261. The molecule has 5 nitrogen and oxygen atoms in total. The molecule has 1 rings (SSSR count). The molecule has 0 radical (unpaired) electrons. The molecule has 0 saturated carbocycles. The van der Waals surface area contributed by atoms with E-state index in [1.165, 1.54) is 12.1 Å². The van der Waals surface area contributed by atoms with Crippen LogP contribution in [-0.2, 0) is 4.79 Å². The predicted molar refractivity (Wildman–Crippen MR) is 87.9 cm³/mol. The maximum Gasteiger partial charge on any atom is 0.225 e. The number of nitrogens with two attached hydrogens (primary N) is 1. The van der Waals surface area contributed by atoms with Gasteiger partial charge < -0.3 is 16.2 Å². The SMILES string of the molecule is CN(CCC(=O)Nc1c(Cl)cc(N)cc1Cl)C(C)(C)CO. The lowest BCUT2D eigenvalue weighted by Crippen LogP contribution is -2.45. The van der Waals surface area contributed by atoms with Gasteiger partial charge in [0.1, 0.15) is 0 Å². The van der Waals surface area contributed by atoms with Gasteiger partial charge in [-0.25, -0.2) is 0 Å². The second-order valence-electron chi connectivity index (χ2n) is 5.55. The monoisotopic (exact) mass is 333 g/mol. The lowest BCUT2D eigenvalue weighted by molar-refractivity contribution is -0.116. The van der Waals surface area contributed by atoms with Crippen LogP contribution in [0.25, 0.3) is 0 Å². The first-order valence-corrected chi connectivity index (χ1v) is 7.29. The fourth-order valence-electron chi connectivity index (χ4n) is 1.61. The molecular formula is C14H21Cl2N3O2. The van der Waals surface area contributed by atoms with Crippen molar-refractivity contribution in [1.29, 1.82) is 0 Å². The van der Waals surface area contributed by atoms with Gasteiger partial charge in [-0.3, -0.25) is 9.69 Å². The van der Waals surface area contributed by atoms with Crippen molar-refractivity contribution in [3.8, 4) is 0 Å². The third kappa shape index (κ3) is 5.04. The maximum absolute atomic E-state index is 12.0. The molecule has 0 bridgehead atoms. The minimum absolute atomic E-state index is 0.0146. The zero-order valence-electron chi connectivity index (χ0n) is 12.4. The molecule has 7 heteroatoms. The molecular weight excluding hydrogens is 313 g/mol. The van der Waals surface area contributed by atoms with Crippen molar-refractivity contribution in [2.24, 2.45) is 0 Å². The number of nitrogens with one attached hydrogen (secondary N) is 1. The van der Waals surface area contributed by atoms with Crippen LogP contribution in [-0.4, -0.2) is 41.7 Å². The van der Waals surface area contributed by atoms with E-state index in [9.17, 15) is 9.90 Å². The molecule has 0 atom stereocenters. The summed E-state index contributed by atoms with van der Waals surface area (Å²) in [4.78, 5) is 13.9. The molecule has 1 aromatic rings. The third-order valence-electron chi connectivity index (χ3n) is 3.42. The first-order chi connectivity index (χ1) is 9.67. The van der Waals surface area contributed by atoms with E-state index in [1.54, 1.807) is 0 Å². The number of carbonyl (C=O) groups excluding carboxylic acids is 1. The molecule has 0 aliphatic heterocycles. The number of amides is 1. The number of hydrogen-bond donors (Lipinski definition) is 3. The summed E-state index contributed by atoms with van der Waals surface area (Å²) in [5.41, 5.74) is 6.03. The highest BCUT2D eigenvalue weighted by molar-refractivity contribution is 6.40. The third-order valence-corrected chi connectivity index (χ3v) is 4.02. The molecule has 0 saturated heterocycles. The Morgan fingerprint density at radius 2 is 1.90 bits per heavy atom. The summed E-state index contributed by atoms with van der Waals surface area (Å²) < 4.78 is 0. The number of nitrogen functional groups attached to an aromatic ring is 1. The van der Waals surface area contributed by atoms with E-state index in [1.807, 2.05) is 25.8 Å². The van der Waals surface area contributed by atoms with E-state index in [4.69, 9.17) is 28.9 Å². The minimum atomic E-state index is -0.378. The standard InChI is InChI=1S/C14H21Cl2N3O2/c1-14(2,8-20)19(3)5-4-12(21)18-13-10(15)6-9(17)7-11(13)16/h6-7,20H,4-5,8,17H2,1-3H3,(H,18,21). The van der Waals surface area contributed by atoms with Gasteiger partial charge in [-0.2, -0.15) is 0 Å². The summed E-state index contributed by atoms with van der Waals surface area (Å²) in [5.74, 6) is -0.204. The number of rotatable bonds is 6. The summed E-state index contributed by atoms with van der Waals surface area (Å²) in [6, 6.07) is 3.06. The molecule has 1 aromatic carbocycles. The molecule has 0 fully saturated rings. The Labute approximate surface area is 135 Å². The topological polar surface area (TPSA) is 78.6 Å². The number of anilines is 2. The molecule has 0 unspecified atom stereocenters. The van der Waals surface area contributed by atoms with E-state index in [0.29, 0.717) is 28.0 Å². The molecule has 0 aliphatic rings. The second-order valence-corrected chi connectivity index (χ2v) is 6.36. The van der Waals surface area contributed by atoms with Crippen LogP contribution in [0, 0.1) is 0 Å². The highest BCUT2D eigenvalue weighted by Crippen LogP contribution is 2.32. The summed E-state index contributed by atoms with van der Waals surface area (Å²) >= 11 is 12.0. The molecule has 118 valence electrons.